The van der Waals surface area contributed by atoms with E-state index in [0.29, 0.717) is 27.2 Å². The molecule has 0 aliphatic rings. The Labute approximate surface area is 125 Å². The fourth-order valence-corrected chi connectivity index (χ4v) is 2.23. The first-order valence-corrected chi connectivity index (χ1v) is 6.53. The van der Waals surface area contributed by atoms with Gasteiger partial charge in [0.05, 0.1) is 15.6 Å². The average Bonchev–Trinajstić information content (AvgIpc) is 2.85. The van der Waals surface area contributed by atoms with Gasteiger partial charge in [0.1, 0.15) is 0 Å². The second-order valence-corrected chi connectivity index (χ2v) is 4.95. The first kappa shape index (κ1) is 13.0. The number of aromatic nitrogens is 2. The van der Waals surface area contributed by atoms with Gasteiger partial charge in [-0.1, -0.05) is 28.4 Å². The number of anilines is 1. The summed E-state index contributed by atoms with van der Waals surface area (Å²) in [6, 6.07) is 8.90. The molecule has 0 unspecified atom stereocenters. The Morgan fingerprint density at radius 2 is 1.70 bits per heavy atom. The Morgan fingerprint density at radius 3 is 2.40 bits per heavy atom. The highest BCUT2D eigenvalue weighted by atomic mass is 35.5. The molecule has 3 aromatic rings. The predicted molar refractivity (Wildman–Crippen MR) is 79.6 cm³/mol. The van der Waals surface area contributed by atoms with Crippen molar-refractivity contribution in [3.63, 3.8) is 0 Å². The molecule has 2 N–H and O–H groups in total. The zero-order valence-corrected chi connectivity index (χ0v) is 11.7. The third kappa shape index (κ3) is 2.24. The van der Waals surface area contributed by atoms with E-state index in [4.69, 9.17) is 33.5 Å². The molecule has 0 saturated carbocycles. The van der Waals surface area contributed by atoms with Crippen LogP contribution in [-0.4, -0.2) is 10.1 Å². The molecule has 1 aromatic carbocycles. The van der Waals surface area contributed by atoms with Gasteiger partial charge in [0, 0.05) is 18.0 Å². The summed E-state index contributed by atoms with van der Waals surface area (Å²) >= 11 is 12.0. The number of pyridine rings is 1. The van der Waals surface area contributed by atoms with Crippen LogP contribution in [-0.2, 0) is 0 Å². The van der Waals surface area contributed by atoms with Gasteiger partial charge in [0.25, 0.3) is 0 Å². The first-order chi connectivity index (χ1) is 9.66. The number of nitrogens with two attached hydrogens (primary N) is 1. The summed E-state index contributed by atoms with van der Waals surface area (Å²) in [7, 11) is 0. The Bertz CT molecular complexity index is 756. The molecule has 100 valence electrons. The molecule has 0 spiro atoms. The molecule has 0 bridgehead atoms. The number of benzene rings is 1. The summed E-state index contributed by atoms with van der Waals surface area (Å²) in [6.45, 7) is 0. The van der Waals surface area contributed by atoms with Crippen LogP contribution >= 0.6 is 23.2 Å². The topological polar surface area (TPSA) is 64.9 Å². The van der Waals surface area contributed by atoms with Crippen LogP contribution in [0.2, 0.25) is 10.0 Å². The van der Waals surface area contributed by atoms with Gasteiger partial charge in [-0.2, -0.15) is 0 Å². The Kier molecular flexibility index (Phi) is 3.34. The lowest BCUT2D eigenvalue weighted by molar-refractivity contribution is 0.436. The molecule has 0 aliphatic carbocycles. The van der Waals surface area contributed by atoms with Crippen molar-refractivity contribution in [3.05, 3.63) is 52.8 Å². The second-order valence-electron chi connectivity index (χ2n) is 4.14. The smallest absolute Gasteiger partial charge is 0.176 e. The lowest BCUT2D eigenvalue weighted by Gasteiger charge is -2.03. The quantitative estimate of drug-likeness (QED) is 0.767. The van der Waals surface area contributed by atoms with Gasteiger partial charge in [0.15, 0.2) is 11.6 Å². The van der Waals surface area contributed by atoms with E-state index in [1.54, 1.807) is 30.6 Å². The number of nitrogens with zero attached hydrogens (tertiary/aromatic N) is 2. The minimum atomic E-state index is 0.317. The predicted octanol–water partition coefficient (Wildman–Crippen LogP) is 4.29. The van der Waals surface area contributed by atoms with Gasteiger partial charge >= 0.3 is 0 Å². The average molecular weight is 306 g/mol. The molecule has 0 atom stereocenters. The second kappa shape index (κ2) is 5.15. The Morgan fingerprint density at radius 1 is 0.950 bits per heavy atom. The van der Waals surface area contributed by atoms with Gasteiger partial charge in [-0.15, -0.1) is 0 Å². The lowest BCUT2D eigenvalue weighted by Crippen LogP contribution is -1.89. The van der Waals surface area contributed by atoms with Gasteiger partial charge in [-0.25, -0.2) is 0 Å². The maximum absolute atomic E-state index is 6.03. The highest BCUT2D eigenvalue weighted by molar-refractivity contribution is 6.42. The number of nitrogen functional groups attached to an aromatic ring is 1. The summed E-state index contributed by atoms with van der Waals surface area (Å²) < 4.78 is 5.33. The van der Waals surface area contributed by atoms with Crippen molar-refractivity contribution in [2.75, 3.05) is 5.73 Å². The van der Waals surface area contributed by atoms with Crippen LogP contribution in [0.15, 0.2) is 47.2 Å². The van der Waals surface area contributed by atoms with Gasteiger partial charge in [0.2, 0.25) is 0 Å². The molecule has 0 saturated heterocycles. The lowest BCUT2D eigenvalue weighted by atomic mass is 10.0. The van der Waals surface area contributed by atoms with Crippen molar-refractivity contribution < 1.29 is 4.52 Å². The summed E-state index contributed by atoms with van der Waals surface area (Å²) in [5.41, 5.74) is 8.24. The monoisotopic (exact) mass is 305 g/mol. The Balaban J connectivity index is 2.18. The molecule has 3 rings (SSSR count). The van der Waals surface area contributed by atoms with E-state index in [-0.39, 0.29) is 0 Å². The third-order valence-electron chi connectivity index (χ3n) is 2.87. The zero-order valence-electron chi connectivity index (χ0n) is 10.2. The van der Waals surface area contributed by atoms with Crippen molar-refractivity contribution in [2.24, 2.45) is 0 Å². The van der Waals surface area contributed by atoms with E-state index in [1.807, 2.05) is 12.1 Å². The highest BCUT2D eigenvalue weighted by Crippen LogP contribution is 2.38. The van der Waals surface area contributed by atoms with E-state index in [0.717, 1.165) is 11.1 Å². The number of rotatable bonds is 2. The van der Waals surface area contributed by atoms with E-state index >= 15 is 0 Å². The Hall–Kier alpha value is -2.04. The van der Waals surface area contributed by atoms with Crippen LogP contribution in [0.4, 0.5) is 5.82 Å². The molecule has 0 amide bonds. The third-order valence-corrected chi connectivity index (χ3v) is 3.61. The fraction of sp³-hybridized carbons (Fsp3) is 0. The molecule has 2 heterocycles. The van der Waals surface area contributed by atoms with E-state index in [1.165, 1.54) is 0 Å². The molecule has 0 aliphatic heterocycles. The van der Waals surface area contributed by atoms with Crippen LogP contribution < -0.4 is 5.73 Å². The largest absolute Gasteiger partial charge is 0.380 e. The maximum atomic E-state index is 6.03. The maximum Gasteiger partial charge on any atom is 0.176 e. The minimum Gasteiger partial charge on any atom is -0.380 e. The molecule has 0 fully saturated rings. The normalized spacial score (nSPS) is 10.7. The molecule has 20 heavy (non-hydrogen) atoms. The summed E-state index contributed by atoms with van der Waals surface area (Å²) in [5.74, 6) is 0.865. The van der Waals surface area contributed by atoms with Crippen molar-refractivity contribution in [3.8, 4) is 22.5 Å². The van der Waals surface area contributed by atoms with E-state index < -0.39 is 0 Å². The highest BCUT2D eigenvalue weighted by Gasteiger charge is 2.18. The number of halogens is 2. The number of hydrogen-bond donors (Lipinski definition) is 1. The summed E-state index contributed by atoms with van der Waals surface area (Å²) in [6.07, 6.45) is 3.36. The minimum absolute atomic E-state index is 0.317. The van der Waals surface area contributed by atoms with Crippen molar-refractivity contribution in [1.82, 2.24) is 10.1 Å². The van der Waals surface area contributed by atoms with Crippen LogP contribution in [0.3, 0.4) is 0 Å². The summed E-state index contributed by atoms with van der Waals surface area (Å²) in [4.78, 5) is 3.98. The van der Waals surface area contributed by atoms with Crippen molar-refractivity contribution in [2.45, 2.75) is 0 Å². The molecule has 0 radical (unpaired) electrons. The van der Waals surface area contributed by atoms with Crippen molar-refractivity contribution in [1.29, 1.82) is 0 Å². The van der Waals surface area contributed by atoms with Gasteiger partial charge in [-0.3, -0.25) is 4.98 Å². The zero-order chi connectivity index (χ0) is 14.1. The molecule has 6 heteroatoms. The summed E-state index contributed by atoms with van der Waals surface area (Å²) in [5, 5.41) is 4.75. The number of hydrogen-bond acceptors (Lipinski definition) is 4. The van der Waals surface area contributed by atoms with E-state index in [9.17, 15) is 0 Å². The molecule has 4 nitrogen and oxygen atoms in total. The van der Waals surface area contributed by atoms with Crippen molar-refractivity contribution >= 4 is 29.0 Å². The molecular weight excluding hydrogens is 297 g/mol. The van der Waals surface area contributed by atoms with Crippen LogP contribution in [0.1, 0.15) is 0 Å². The standard InChI is InChI=1S/C14H9Cl2N3O/c15-10-2-1-9(7-11(10)16)13-12(14(17)19-20-13)8-3-5-18-6-4-8/h1-7H,(H2,17,19). The van der Waals surface area contributed by atoms with Crippen LogP contribution in [0, 0.1) is 0 Å². The van der Waals surface area contributed by atoms with Crippen LogP contribution in [0.5, 0.6) is 0 Å². The molecule has 2 aromatic heterocycles. The van der Waals surface area contributed by atoms with Gasteiger partial charge in [-0.05, 0) is 35.9 Å². The first-order valence-electron chi connectivity index (χ1n) is 5.78. The van der Waals surface area contributed by atoms with Crippen LogP contribution in [0.25, 0.3) is 22.5 Å². The van der Waals surface area contributed by atoms with Gasteiger partial charge < -0.3 is 10.3 Å². The SMILES string of the molecule is Nc1noc(-c2ccc(Cl)c(Cl)c2)c1-c1ccncc1. The fourth-order valence-electron chi connectivity index (χ4n) is 1.93. The van der Waals surface area contributed by atoms with E-state index in [2.05, 4.69) is 10.1 Å². The molecular formula is C14H9Cl2N3O.